The van der Waals surface area contributed by atoms with Crippen LogP contribution in [0.4, 0.5) is 28.9 Å². The molecule has 18 heteroatoms. The Labute approximate surface area is 418 Å². The number of fused-ring (bicyclic) bond motifs is 5. The number of nitrogens with one attached hydrogen (secondary N) is 3. The molecule has 3 aromatic carbocycles. The number of hydrogen-bond donors (Lipinski definition) is 3. The number of nitrogens with zero attached hydrogens (tertiary/aromatic N) is 4. The van der Waals surface area contributed by atoms with E-state index >= 15 is 9.18 Å². The number of benzene rings is 3. The summed E-state index contributed by atoms with van der Waals surface area (Å²) >= 11 is 6.48. The number of hydrogen-bond acceptors (Lipinski definition) is 9. The maximum atomic E-state index is 16.6. The molecule has 5 amide bonds. The van der Waals surface area contributed by atoms with Gasteiger partial charge in [-0.1, -0.05) is 60.9 Å². The monoisotopic (exact) mass is 1010 g/mol. The number of carbonyl (C=O) groups is 5. The number of ether oxygens (including phenoxy) is 1. The molecule has 13 nitrogen and oxygen atoms in total. The summed E-state index contributed by atoms with van der Waals surface area (Å²) in [6, 6.07) is 14.3. The van der Waals surface area contributed by atoms with Crippen molar-refractivity contribution in [3.63, 3.8) is 0 Å². The minimum Gasteiger partial charge on any atom is -0.487 e. The fourth-order valence-electron chi connectivity index (χ4n) is 12.9. The standard InChI is InChI=1S/C54H52ClF4N7O6/c1-30-26-65(51(71)47-45(35-14-7-15-38(55)46(35)56)53(52(63-47)20-3-2-4-21-52)29-61-39-24-43(54(57,58)59)60-25-37(39)53)40-17-16-33(23-42(40)72-30)49(69)64-22-8-10-31(27-64)9-5-11-32-12-6-13-34-36(32)28-66(50(34)70)41-18-19-44(67)62-48(41)68/h6-7,12-17,23-25,30-31,41,45,47,61,63H,2-4,8-10,18-22,26-29H2,1H3,(H,62,67,68)/t30-,31+,41-,45-,47+,53+/m0/s1. The van der Waals surface area contributed by atoms with Gasteiger partial charge in [-0.3, -0.25) is 39.6 Å². The number of imide groups is 1. The first-order valence-corrected chi connectivity index (χ1v) is 25.1. The maximum absolute atomic E-state index is 16.6. The van der Waals surface area contributed by atoms with Gasteiger partial charge in [-0.15, -0.1) is 0 Å². The van der Waals surface area contributed by atoms with Crippen molar-refractivity contribution in [2.75, 3.05) is 36.4 Å². The number of pyridine rings is 1. The first-order chi connectivity index (χ1) is 34.6. The predicted molar refractivity (Wildman–Crippen MR) is 258 cm³/mol. The Bertz CT molecular complexity index is 3010. The number of carbonyl (C=O) groups excluding carboxylic acids is 5. The van der Waals surface area contributed by atoms with E-state index in [2.05, 4.69) is 32.8 Å². The van der Waals surface area contributed by atoms with E-state index in [9.17, 15) is 32.3 Å². The Morgan fingerprint density at radius 3 is 2.58 bits per heavy atom. The lowest BCUT2D eigenvalue weighted by molar-refractivity contribution is -0.141. The van der Waals surface area contributed by atoms with E-state index in [1.54, 1.807) is 52.3 Å². The van der Waals surface area contributed by atoms with Crippen LogP contribution in [0.15, 0.2) is 66.9 Å². The van der Waals surface area contributed by atoms with Crippen LogP contribution < -0.4 is 25.6 Å². The van der Waals surface area contributed by atoms with Crippen molar-refractivity contribution in [3.8, 4) is 17.6 Å². The van der Waals surface area contributed by atoms with Crippen LogP contribution >= 0.6 is 11.6 Å². The number of rotatable bonds is 5. The molecule has 1 saturated carbocycles. The zero-order chi connectivity index (χ0) is 50.3. The number of likely N-dealkylation sites (tertiary alicyclic amines) is 1. The molecule has 3 N–H and O–H groups in total. The molecule has 6 aliphatic heterocycles. The first kappa shape index (κ1) is 47.8. The average Bonchev–Trinajstić information content (AvgIpc) is 4.01. The van der Waals surface area contributed by atoms with Gasteiger partial charge in [0.25, 0.3) is 11.8 Å². The Hall–Kier alpha value is -6.51. The third-order valence-corrected chi connectivity index (χ3v) is 16.5. The Morgan fingerprint density at radius 2 is 1.79 bits per heavy atom. The van der Waals surface area contributed by atoms with Crippen molar-refractivity contribution in [3.05, 3.63) is 117 Å². The summed E-state index contributed by atoms with van der Waals surface area (Å²) in [5, 5.41) is 9.19. The summed E-state index contributed by atoms with van der Waals surface area (Å²) in [6.07, 6.45) is 2.30. The van der Waals surface area contributed by atoms with E-state index in [1.807, 2.05) is 13.0 Å². The summed E-state index contributed by atoms with van der Waals surface area (Å²) < 4.78 is 65.1. The number of alkyl halides is 3. The number of amides is 5. The summed E-state index contributed by atoms with van der Waals surface area (Å²) in [4.78, 5) is 76.4. The van der Waals surface area contributed by atoms with Gasteiger partial charge in [-0.2, -0.15) is 13.2 Å². The van der Waals surface area contributed by atoms with Crippen LogP contribution in [-0.2, 0) is 32.5 Å². The van der Waals surface area contributed by atoms with Gasteiger partial charge in [0.15, 0.2) is 0 Å². The van der Waals surface area contributed by atoms with Crippen molar-refractivity contribution in [2.24, 2.45) is 5.92 Å². The number of piperidine rings is 2. The van der Waals surface area contributed by atoms with Gasteiger partial charge in [-0.05, 0) is 98.5 Å². The minimum atomic E-state index is -4.69. The third-order valence-electron chi connectivity index (χ3n) is 16.2. The molecule has 0 radical (unpaired) electrons. The summed E-state index contributed by atoms with van der Waals surface area (Å²) in [5.41, 5.74) is 0.672. The SMILES string of the molecule is C[C@H]1CN(C(=O)[C@@H]2NC3(CCCCC3)[C@@]3(CNc4cc(C(F)(F)F)ncc43)[C@H]2c2cccc(Cl)c2F)c2ccc(C(=O)N3CCC[C@@H](CC#Cc4cccc5c4CN([C@H]4CCC(=O)NC4=O)C5=O)C3)cc2O1. The fourth-order valence-corrected chi connectivity index (χ4v) is 13.1. The fraction of sp³-hybridized carbons (Fsp3) is 0.444. The number of aromatic nitrogens is 1. The topological polar surface area (TPSA) is 153 Å². The molecular weight excluding hydrogens is 954 g/mol. The van der Waals surface area contributed by atoms with E-state index < -0.39 is 58.7 Å². The lowest BCUT2D eigenvalue weighted by atomic mass is 9.56. The number of halogens is 5. The van der Waals surface area contributed by atoms with Gasteiger partial charge in [-0.25, -0.2) is 4.39 Å². The molecule has 0 unspecified atom stereocenters. The van der Waals surface area contributed by atoms with Crippen LogP contribution in [0, 0.1) is 23.6 Å². The van der Waals surface area contributed by atoms with Crippen molar-refractivity contribution < 1.29 is 46.3 Å². The van der Waals surface area contributed by atoms with E-state index in [0.717, 1.165) is 43.7 Å². The highest BCUT2D eigenvalue weighted by Crippen LogP contribution is 2.62. The molecule has 7 aliphatic rings. The van der Waals surface area contributed by atoms with Gasteiger partial charge >= 0.3 is 6.18 Å². The van der Waals surface area contributed by atoms with E-state index in [-0.39, 0.29) is 78.3 Å². The van der Waals surface area contributed by atoms with E-state index in [0.29, 0.717) is 66.0 Å². The molecule has 11 rings (SSSR count). The van der Waals surface area contributed by atoms with Gasteiger partial charge in [0.05, 0.1) is 23.3 Å². The van der Waals surface area contributed by atoms with Crippen molar-refractivity contribution in [1.82, 2.24) is 25.4 Å². The Morgan fingerprint density at radius 1 is 0.986 bits per heavy atom. The highest BCUT2D eigenvalue weighted by molar-refractivity contribution is 6.30. The molecule has 374 valence electrons. The van der Waals surface area contributed by atoms with Gasteiger partial charge in [0, 0.05) is 90.0 Å². The Balaban J connectivity index is 0.843. The third kappa shape index (κ3) is 7.96. The Kier molecular flexibility index (Phi) is 12.1. The van der Waals surface area contributed by atoms with E-state index in [4.69, 9.17) is 16.3 Å². The largest absolute Gasteiger partial charge is 0.487 e. The summed E-state index contributed by atoms with van der Waals surface area (Å²) in [6.45, 7) is 3.32. The summed E-state index contributed by atoms with van der Waals surface area (Å²) in [5.74, 6) is 3.67. The normalized spacial score (nSPS) is 26.3. The molecule has 1 aromatic heterocycles. The highest BCUT2D eigenvalue weighted by atomic mass is 35.5. The molecule has 6 atom stereocenters. The predicted octanol–water partition coefficient (Wildman–Crippen LogP) is 7.88. The quantitative estimate of drug-likeness (QED) is 0.103. The van der Waals surface area contributed by atoms with Crippen LogP contribution in [0.3, 0.4) is 0 Å². The van der Waals surface area contributed by atoms with Gasteiger partial charge < -0.3 is 24.8 Å². The highest BCUT2D eigenvalue weighted by Gasteiger charge is 2.69. The van der Waals surface area contributed by atoms with Gasteiger partial charge in [0.1, 0.15) is 29.4 Å². The smallest absolute Gasteiger partial charge is 0.433 e. The van der Waals surface area contributed by atoms with Crippen LogP contribution in [0.2, 0.25) is 5.02 Å². The van der Waals surface area contributed by atoms with Gasteiger partial charge in [0.2, 0.25) is 17.7 Å². The molecular formula is C54H52ClF4N7O6. The maximum Gasteiger partial charge on any atom is 0.433 e. The van der Waals surface area contributed by atoms with Crippen molar-refractivity contribution in [2.45, 2.75) is 119 Å². The second kappa shape index (κ2) is 18.2. The van der Waals surface area contributed by atoms with Crippen LogP contribution in [0.1, 0.15) is 126 Å². The van der Waals surface area contributed by atoms with Crippen molar-refractivity contribution in [1.29, 1.82) is 0 Å². The first-order valence-electron chi connectivity index (χ1n) is 24.8. The lowest BCUT2D eigenvalue weighted by Gasteiger charge is -2.48. The van der Waals surface area contributed by atoms with Crippen molar-refractivity contribution >= 4 is 52.5 Å². The molecule has 2 spiro atoms. The summed E-state index contributed by atoms with van der Waals surface area (Å²) in [7, 11) is 0. The molecule has 72 heavy (non-hydrogen) atoms. The van der Waals surface area contributed by atoms with Crippen LogP contribution in [-0.4, -0.2) is 94.2 Å². The molecule has 1 aliphatic carbocycles. The average molecular weight is 1010 g/mol. The molecule has 0 bridgehead atoms. The zero-order valence-corrected chi connectivity index (χ0v) is 40.2. The zero-order valence-electron chi connectivity index (χ0n) is 39.5. The minimum absolute atomic E-state index is 0.0759. The van der Waals surface area contributed by atoms with Crippen LogP contribution in [0.25, 0.3) is 0 Å². The molecule has 7 heterocycles. The molecule has 4 fully saturated rings. The lowest BCUT2D eigenvalue weighted by Crippen LogP contribution is -2.58. The van der Waals surface area contributed by atoms with Crippen LogP contribution in [0.5, 0.6) is 5.75 Å². The second-order valence-corrected chi connectivity index (χ2v) is 20.8. The second-order valence-electron chi connectivity index (χ2n) is 20.4. The molecule has 4 aromatic rings. The molecule has 3 saturated heterocycles. The van der Waals surface area contributed by atoms with E-state index in [1.165, 1.54) is 17.2 Å². The number of anilines is 2.